The first kappa shape index (κ1) is 12.6. The maximum Gasteiger partial charge on any atom is 0.737 e. The Bertz CT molecular complexity index is 806. The molecule has 0 saturated carbocycles. The molecule has 0 fully saturated rings. The molecule has 0 amide bonds. The van der Waals surface area contributed by atoms with Crippen molar-refractivity contribution in [2.24, 2.45) is 0 Å². The topological polar surface area (TPSA) is 7.94 Å². The largest absolute Gasteiger partial charge is 0.737 e. The van der Waals surface area contributed by atoms with Crippen molar-refractivity contribution >= 4 is 29.9 Å². The van der Waals surface area contributed by atoms with E-state index in [0.717, 1.165) is 18.8 Å². The van der Waals surface area contributed by atoms with Gasteiger partial charge in [0.15, 0.2) is 5.70 Å². The molecule has 0 saturated heterocycles. The van der Waals surface area contributed by atoms with E-state index in [1.807, 2.05) is 30.3 Å². The van der Waals surface area contributed by atoms with Crippen molar-refractivity contribution in [3.05, 3.63) is 72.2 Å². The van der Waals surface area contributed by atoms with Crippen LogP contribution in [0.3, 0.4) is 0 Å². The van der Waals surface area contributed by atoms with E-state index < -0.39 is 6.97 Å². The summed E-state index contributed by atoms with van der Waals surface area (Å²) < 4.78 is 31.2. The van der Waals surface area contributed by atoms with Gasteiger partial charge < -0.3 is 17.6 Å². The molecule has 0 bridgehead atoms. The fourth-order valence-corrected chi connectivity index (χ4v) is 3.78. The van der Waals surface area contributed by atoms with Gasteiger partial charge in [-0.1, -0.05) is 30.0 Å². The highest BCUT2D eigenvalue weighted by atomic mass is 32.2. The molecule has 2 aliphatic rings. The van der Waals surface area contributed by atoms with Crippen molar-refractivity contribution in [2.45, 2.75) is 4.90 Å². The van der Waals surface area contributed by atoms with Crippen LogP contribution in [0.1, 0.15) is 5.69 Å². The van der Waals surface area contributed by atoms with Gasteiger partial charge in [0.2, 0.25) is 0 Å². The summed E-state index contributed by atoms with van der Waals surface area (Å²) in [5.74, 6) is 0. The minimum Gasteiger partial charge on any atom is -0.395 e. The van der Waals surface area contributed by atoms with Gasteiger partial charge in [0.1, 0.15) is 6.21 Å². The van der Waals surface area contributed by atoms with Gasteiger partial charge in [-0.25, -0.2) is 0 Å². The van der Waals surface area contributed by atoms with Crippen molar-refractivity contribution < 1.29 is 13.1 Å². The molecule has 0 unspecified atom stereocenters. The molecular weight excluding hydrogens is 289 g/mol. The summed E-state index contributed by atoms with van der Waals surface area (Å²) in [5.41, 5.74) is 1.14. The van der Waals surface area contributed by atoms with E-state index in [-0.39, 0.29) is 0 Å². The van der Waals surface area contributed by atoms with Crippen LogP contribution in [0.15, 0.2) is 71.4 Å². The normalized spacial score (nSPS) is 18.5. The molecule has 0 N–H and O–H groups in total. The van der Waals surface area contributed by atoms with Crippen molar-refractivity contribution in [3.63, 3.8) is 0 Å². The van der Waals surface area contributed by atoms with E-state index >= 15 is 0 Å². The first-order valence-electron chi connectivity index (χ1n) is 6.65. The molecule has 21 heavy (non-hydrogen) atoms. The van der Waals surface area contributed by atoms with Crippen LogP contribution < -0.4 is 0 Å². The zero-order valence-corrected chi connectivity index (χ0v) is 11.8. The zero-order valence-electron chi connectivity index (χ0n) is 11.0. The van der Waals surface area contributed by atoms with Crippen molar-refractivity contribution in [2.75, 3.05) is 0 Å². The molecular formula is C15H11BF2N2S. The highest BCUT2D eigenvalue weighted by molar-refractivity contribution is 8.08. The third-order valence-corrected chi connectivity index (χ3v) is 4.79. The van der Waals surface area contributed by atoms with Crippen LogP contribution in [-0.4, -0.2) is 22.1 Å². The quantitative estimate of drug-likeness (QED) is 0.765. The van der Waals surface area contributed by atoms with Crippen molar-refractivity contribution in [1.82, 2.24) is 4.48 Å². The molecule has 0 atom stereocenters. The molecule has 2 aromatic rings. The van der Waals surface area contributed by atoms with Crippen molar-refractivity contribution in [1.29, 1.82) is 0 Å². The Morgan fingerprint density at radius 1 is 1.05 bits per heavy atom. The summed E-state index contributed by atoms with van der Waals surface area (Å²) >= 11 is 1.51. The Hall–Kier alpha value is -2.08. The lowest BCUT2D eigenvalue weighted by Crippen LogP contribution is -2.48. The number of thioether (sulfide) groups is 1. The Kier molecular flexibility index (Phi) is 2.69. The minimum absolute atomic E-state index is 0.569. The maximum absolute atomic E-state index is 14.5. The Balaban J connectivity index is 1.90. The van der Waals surface area contributed by atoms with Crippen LogP contribution in [0.25, 0.3) is 4.91 Å². The molecule has 2 nitrogen and oxygen atoms in total. The fourth-order valence-electron chi connectivity index (χ4n) is 2.69. The number of benzene rings is 1. The van der Waals surface area contributed by atoms with Crippen LogP contribution in [0.5, 0.6) is 0 Å². The van der Waals surface area contributed by atoms with E-state index in [9.17, 15) is 8.63 Å². The smallest absolute Gasteiger partial charge is 0.395 e. The number of allylic oxidation sites excluding steroid dienone is 2. The van der Waals surface area contributed by atoms with Gasteiger partial charge in [0, 0.05) is 22.7 Å². The molecule has 3 heterocycles. The number of hydrogen-bond donors (Lipinski definition) is 0. The average molecular weight is 300 g/mol. The number of fused-ring (bicyclic) bond motifs is 2. The molecule has 1 aromatic carbocycles. The van der Waals surface area contributed by atoms with Gasteiger partial charge in [-0.2, -0.15) is 0 Å². The Morgan fingerprint density at radius 3 is 2.67 bits per heavy atom. The highest BCUT2D eigenvalue weighted by Crippen LogP contribution is 2.43. The summed E-state index contributed by atoms with van der Waals surface area (Å²) in [5, 5.41) is 0. The van der Waals surface area contributed by atoms with Gasteiger partial charge in [0.05, 0.1) is 4.91 Å². The van der Waals surface area contributed by atoms with Gasteiger partial charge in [-0.15, -0.1) is 0 Å². The molecule has 0 aliphatic carbocycles. The second kappa shape index (κ2) is 4.46. The SMILES string of the molecule is F[B-]1(F)n2cccc2C(Sc2ccccc2)=C2C=CC=[N+]21. The number of aromatic nitrogens is 1. The number of hydrogen-bond acceptors (Lipinski definition) is 1. The predicted octanol–water partition coefficient (Wildman–Crippen LogP) is 3.84. The summed E-state index contributed by atoms with van der Waals surface area (Å²) in [6, 6.07) is 13.2. The van der Waals surface area contributed by atoms with Gasteiger partial charge in [0.25, 0.3) is 0 Å². The number of nitrogens with zero attached hydrogens (tertiary/aromatic N) is 2. The molecule has 0 radical (unpaired) electrons. The van der Waals surface area contributed by atoms with Crippen LogP contribution in [0.4, 0.5) is 8.63 Å². The van der Waals surface area contributed by atoms with Crippen LogP contribution >= 0.6 is 11.8 Å². The molecule has 1 aromatic heterocycles. The molecule has 4 rings (SSSR count). The summed E-state index contributed by atoms with van der Waals surface area (Å²) in [4.78, 5) is 1.88. The van der Waals surface area contributed by atoms with Crippen molar-refractivity contribution in [3.8, 4) is 0 Å². The first-order chi connectivity index (χ1) is 10.2. The van der Waals surface area contributed by atoms with Crippen LogP contribution in [0.2, 0.25) is 0 Å². The average Bonchev–Trinajstić information content (AvgIpc) is 3.15. The minimum atomic E-state index is -3.80. The Morgan fingerprint density at radius 2 is 1.86 bits per heavy atom. The maximum atomic E-state index is 14.5. The Labute approximate surface area is 125 Å². The zero-order chi connectivity index (χ0) is 14.4. The second-order valence-corrected chi connectivity index (χ2v) is 6.02. The van der Waals surface area contributed by atoms with E-state index in [4.69, 9.17) is 0 Å². The lowest BCUT2D eigenvalue weighted by atomic mass is 9.92. The highest BCUT2D eigenvalue weighted by Gasteiger charge is 2.51. The number of rotatable bonds is 2. The van der Waals surface area contributed by atoms with Gasteiger partial charge in [-0.05, 0) is 30.5 Å². The van der Waals surface area contributed by atoms with E-state index in [2.05, 4.69) is 0 Å². The molecule has 0 spiro atoms. The first-order valence-corrected chi connectivity index (χ1v) is 7.46. The lowest BCUT2D eigenvalue weighted by molar-refractivity contribution is -0.356. The molecule has 104 valence electrons. The van der Waals surface area contributed by atoms with E-state index in [0.29, 0.717) is 11.4 Å². The standard InChI is InChI=1S/C15H11BF2N2S/c17-16(18)19-10-4-8-13(19)15(14-9-5-11-20(14)16)21-12-6-2-1-3-7-12/h1-11H. The molecule has 6 heteroatoms. The predicted molar refractivity (Wildman–Crippen MR) is 82.5 cm³/mol. The van der Waals surface area contributed by atoms with Crippen LogP contribution in [0, 0.1) is 0 Å². The van der Waals surface area contributed by atoms with Gasteiger partial charge >= 0.3 is 6.97 Å². The van der Waals surface area contributed by atoms with E-state index in [1.165, 1.54) is 24.2 Å². The second-order valence-electron chi connectivity index (χ2n) is 4.93. The van der Waals surface area contributed by atoms with E-state index in [1.54, 1.807) is 24.3 Å². The lowest BCUT2D eigenvalue weighted by Gasteiger charge is -2.30. The third-order valence-electron chi connectivity index (χ3n) is 3.66. The summed E-state index contributed by atoms with van der Waals surface area (Å²) in [6.45, 7) is -3.80. The van der Waals surface area contributed by atoms with Crippen LogP contribution in [-0.2, 0) is 0 Å². The third kappa shape index (κ3) is 1.82. The van der Waals surface area contributed by atoms with Gasteiger partial charge in [-0.3, -0.25) is 0 Å². The fraction of sp³-hybridized carbons (Fsp3) is 0. The monoisotopic (exact) mass is 300 g/mol. The summed E-state index contributed by atoms with van der Waals surface area (Å²) in [6.07, 6.45) is 6.31. The number of halogens is 2. The molecule has 2 aliphatic heterocycles. The summed E-state index contributed by atoms with van der Waals surface area (Å²) in [7, 11) is 0.